The highest BCUT2D eigenvalue weighted by Gasteiger charge is 2.18. The van der Waals surface area contributed by atoms with E-state index in [1.165, 1.54) is 0 Å². The van der Waals surface area contributed by atoms with Crippen molar-refractivity contribution in [2.24, 2.45) is 0 Å². The number of hydrogen-bond donors (Lipinski definition) is 1. The molecule has 1 atom stereocenters. The van der Waals surface area contributed by atoms with E-state index in [-0.39, 0.29) is 5.44 Å². The van der Waals surface area contributed by atoms with Crippen molar-refractivity contribution in [1.82, 2.24) is 0 Å². The Bertz CT molecular complexity index is 308. The molecule has 2 rings (SSSR count). The molecule has 1 aromatic rings. The van der Waals surface area contributed by atoms with Crippen LogP contribution in [-0.2, 0) is 0 Å². The zero-order chi connectivity index (χ0) is 9.80. The third kappa shape index (κ3) is 2.28. The van der Waals surface area contributed by atoms with Gasteiger partial charge in [-0.05, 0) is 36.9 Å². The molecule has 0 spiro atoms. The van der Waals surface area contributed by atoms with Gasteiger partial charge in [0.25, 0.3) is 0 Å². The first-order valence-electron chi connectivity index (χ1n) is 4.63. The molecule has 1 N–H and O–H groups in total. The number of rotatable bonds is 3. The number of hydrogen-bond acceptors (Lipinski definition) is 3. The second kappa shape index (κ2) is 4.80. The summed E-state index contributed by atoms with van der Waals surface area (Å²) in [7, 11) is 0. The van der Waals surface area contributed by atoms with Gasteiger partial charge in [-0.15, -0.1) is 11.6 Å². The van der Waals surface area contributed by atoms with E-state index < -0.39 is 0 Å². The number of anilines is 1. The maximum Gasteiger partial charge on any atom is 0.163 e. The van der Waals surface area contributed by atoms with Crippen LogP contribution in [0.3, 0.4) is 0 Å². The van der Waals surface area contributed by atoms with Gasteiger partial charge in [0.2, 0.25) is 0 Å². The van der Waals surface area contributed by atoms with Gasteiger partial charge in [0.1, 0.15) is 5.75 Å². The first-order valence-corrected chi connectivity index (χ1v) is 6.05. The van der Waals surface area contributed by atoms with Crippen LogP contribution in [-0.4, -0.2) is 11.3 Å². The van der Waals surface area contributed by atoms with E-state index in [0.29, 0.717) is 5.88 Å². The molecule has 76 valence electrons. The van der Waals surface area contributed by atoms with Crippen molar-refractivity contribution in [3.8, 4) is 5.75 Å². The Morgan fingerprint density at radius 2 is 2.29 bits per heavy atom. The second-order valence-corrected chi connectivity index (χ2v) is 4.44. The summed E-state index contributed by atoms with van der Waals surface area (Å²) in [5, 5.41) is 0. The summed E-state index contributed by atoms with van der Waals surface area (Å²) >= 11 is 7.25. The lowest BCUT2D eigenvalue weighted by Crippen LogP contribution is -2.19. The Kier molecular flexibility index (Phi) is 3.43. The highest BCUT2D eigenvalue weighted by atomic mass is 35.5. The van der Waals surface area contributed by atoms with E-state index in [1.54, 1.807) is 11.9 Å². The van der Waals surface area contributed by atoms with Crippen LogP contribution in [0.5, 0.6) is 5.75 Å². The van der Waals surface area contributed by atoms with Crippen molar-refractivity contribution in [2.75, 3.05) is 10.6 Å². The van der Waals surface area contributed by atoms with Gasteiger partial charge < -0.3 is 9.46 Å². The van der Waals surface area contributed by atoms with Gasteiger partial charge in [-0.2, -0.15) is 0 Å². The molecule has 1 aromatic carbocycles. The molecule has 1 heterocycles. The minimum Gasteiger partial charge on any atom is -0.476 e. The van der Waals surface area contributed by atoms with Crippen molar-refractivity contribution < 1.29 is 4.74 Å². The molecule has 1 aliphatic heterocycles. The Morgan fingerprint density at radius 3 is 3.14 bits per heavy atom. The van der Waals surface area contributed by atoms with Crippen LogP contribution < -0.4 is 9.46 Å². The zero-order valence-corrected chi connectivity index (χ0v) is 9.27. The van der Waals surface area contributed by atoms with Crippen LogP contribution in [0, 0.1) is 0 Å². The summed E-state index contributed by atoms with van der Waals surface area (Å²) in [6.45, 7) is 0. The monoisotopic (exact) mass is 229 g/mol. The molecule has 0 fully saturated rings. The fraction of sp³-hybridized carbons (Fsp3) is 0.400. The van der Waals surface area contributed by atoms with Gasteiger partial charge in [-0.1, -0.05) is 12.1 Å². The molecule has 4 heteroatoms. The number of para-hydroxylation sites is 2. The lowest BCUT2D eigenvalue weighted by molar-refractivity contribution is 0.275. The topological polar surface area (TPSA) is 21.3 Å². The van der Waals surface area contributed by atoms with E-state index in [9.17, 15) is 0 Å². The molecule has 0 bridgehead atoms. The van der Waals surface area contributed by atoms with Crippen LogP contribution >= 0.6 is 23.5 Å². The van der Waals surface area contributed by atoms with Crippen molar-refractivity contribution in [1.29, 1.82) is 0 Å². The molecular weight excluding hydrogens is 218 g/mol. The summed E-state index contributed by atoms with van der Waals surface area (Å²) in [4.78, 5) is 0. The van der Waals surface area contributed by atoms with Crippen LogP contribution in [0.25, 0.3) is 0 Å². The number of alkyl halides is 1. The number of fused-ring (bicyclic) bond motifs is 1. The minimum absolute atomic E-state index is 0.184. The van der Waals surface area contributed by atoms with Crippen LogP contribution in [0.15, 0.2) is 24.3 Å². The lowest BCUT2D eigenvalue weighted by Gasteiger charge is -2.25. The Hall–Kier alpha value is -0.540. The van der Waals surface area contributed by atoms with Crippen molar-refractivity contribution in [3.05, 3.63) is 24.3 Å². The quantitative estimate of drug-likeness (QED) is 0.634. The van der Waals surface area contributed by atoms with E-state index in [2.05, 4.69) is 4.72 Å². The van der Waals surface area contributed by atoms with Crippen LogP contribution in [0.2, 0.25) is 0 Å². The van der Waals surface area contributed by atoms with Gasteiger partial charge in [0, 0.05) is 5.88 Å². The summed E-state index contributed by atoms with van der Waals surface area (Å²) in [5.41, 5.74) is 1.24. The van der Waals surface area contributed by atoms with Gasteiger partial charge in [0.15, 0.2) is 5.44 Å². The summed E-state index contributed by atoms with van der Waals surface area (Å²) in [6, 6.07) is 7.97. The largest absolute Gasteiger partial charge is 0.476 e. The van der Waals surface area contributed by atoms with Gasteiger partial charge >= 0.3 is 0 Å². The van der Waals surface area contributed by atoms with E-state index in [1.807, 2.05) is 24.3 Å². The normalized spacial score (nSPS) is 19.4. The number of nitrogens with one attached hydrogen (secondary N) is 1. The predicted octanol–water partition coefficient (Wildman–Crippen LogP) is 3.48. The predicted molar refractivity (Wildman–Crippen MR) is 62.0 cm³/mol. The Labute approximate surface area is 93.1 Å². The van der Waals surface area contributed by atoms with E-state index in [4.69, 9.17) is 16.3 Å². The maximum atomic E-state index is 5.78. The maximum absolute atomic E-state index is 5.78. The Morgan fingerprint density at radius 1 is 1.43 bits per heavy atom. The molecule has 0 radical (unpaired) electrons. The third-order valence-electron chi connectivity index (χ3n) is 2.02. The molecule has 0 aliphatic carbocycles. The van der Waals surface area contributed by atoms with Gasteiger partial charge in [0.05, 0.1) is 5.69 Å². The fourth-order valence-electron chi connectivity index (χ4n) is 1.31. The highest BCUT2D eigenvalue weighted by Crippen LogP contribution is 2.35. The van der Waals surface area contributed by atoms with Crippen molar-refractivity contribution in [3.63, 3.8) is 0 Å². The van der Waals surface area contributed by atoms with Crippen molar-refractivity contribution in [2.45, 2.75) is 18.3 Å². The standard InChI is InChI=1S/C10H12ClNOS/c11-7-3-6-10-13-9-5-2-1-4-8(9)12-14-10/h1-2,4-5,10,12H,3,6-7H2. The van der Waals surface area contributed by atoms with Gasteiger partial charge in [-0.25, -0.2) is 0 Å². The van der Waals surface area contributed by atoms with E-state index >= 15 is 0 Å². The number of ether oxygens (including phenoxy) is 1. The molecule has 0 saturated carbocycles. The van der Waals surface area contributed by atoms with Gasteiger partial charge in [-0.3, -0.25) is 0 Å². The fourth-order valence-corrected chi connectivity index (χ4v) is 2.33. The SMILES string of the molecule is ClCCCC1Oc2ccccc2NS1. The highest BCUT2D eigenvalue weighted by molar-refractivity contribution is 8.01. The summed E-state index contributed by atoms with van der Waals surface area (Å²) in [5.74, 6) is 1.63. The zero-order valence-electron chi connectivity index (χ0n) is 7.70. The second-order valence-electron chi connectivity index (χ2n) is 3.09. The van der Waals surface area contributed by atoms with Crippen molar-refractivity contribution >= 4 is 29.2 Å². The Balaban J connectivity index is 1.99. The summed E-state index contributed by atoms with van der Waals surface area (Å²) < 4.78 is 9.05. The smallest absolute Gasteiger partial charge is 0.163 e. The molecule has 14 heavy (non-hydrogen) atoms. The molecular formula is C10H12ClNOS. The molecule has 1 aliphatic rings. The minimum atomic E-state index is 0.184. The van der Waals surface area contributed by atoms with Crippen LogP contribution in [0.4, 0.5) is 5.69 Å². The first kappa shape index (κ1) is 9.99. The lowest BCUT2D eigenvalue weighted by atomic mass is 10.3. The number of halogens is 1. The molecule has 0 aromatic heterocycles. The average molecular weight is 230 g/mol. The molecule has 2 nitrogen and oxygen atoms in total. The summed E-state index contributed by atoms with van der Waals surface area (Å²) in [6.07, 6.45) is 1.97. The first-order chi connectivity index (χ1) is 6.90. The molecule has 0 saturated heterocycles. The third-order valence-corrected chi connectivity index (χ3v) is 3.22. The number of benzene rings is 1. The average Bonchev–Trinajstić information content (AvgIpc) is 2.26. The molecule has 1 unspecified atom stereocenters. The van der Waals surface area contributed by atoms with Crippen LogP contribution in [0.1, 0.15) is 12.8 Å². The molecule has 0 amide bonds. The van der Waals surface area contributed by atoms with E-state index in [0.717, 1.165) is 24.3 Å².